The molecule has 0 atom stereocenters. The molecule has 0 fully saturated rings. The Bertz CT molecular complexity index is 610. The molecule has 1 N–H and O–H groups in total. The first-order chi connectivity index (χ1) is 8.50. The van der Waals surface area contributed by atoms with Crippen molar-refractivity contribution in [1.82, 2.24) is 5.16 Å². The molecule has 0 spiro atoms. The summed E-state index contributed by atoms with van der Waals surface area (Å²) in [6, 6.07) is 1.62. The predicted molar refractivity (Wildman–Crippen MR) is 55.5 cm³/mol. The largest absolute Gasteiger partial charge is 0.351 e. The molecule has 0 bridgehead atoms. The van der Waals surface area contributed by atoms with Crippen LogP contribution in [-0.4, -0.2) is 11.1 Å². The highest BCUT2D eigenvalue weighted by Gasteiger charge is 2.19. The minimum absolute atomic E-state index is 0.126. The Morgan fingerprint density at radius 2 is 2.00 bits per heavy atom. The maximum Gasteiger partial charge on any atom is 0.294 e. The Morgan fingerprint density at radius 3 is 2.61 bits per heavy atom. The summed E-state index contributed by atoms with van der Waals surface area (Å²) in [7, 11) is 0. The minimum Gasteiger partial charge on any atom is -0.351 e. The van der Waals surface area contributed by atoms with Crippen LogP contribution in [0.2, 0.25) is 0 Å². The summed E-state index contributed by atoms with van der Waals surface area (Å²) in [6.07, 6.45) is 1.30. The van der Waals surface area contributed by atoms with E-state index in [1.807, 2.05) is 0 Å². The van der Waals surface area contributed by atoms with Crippen molar-refractivity contribution in [3.05, 3.63) is 47.1 Å². The van der Waals surface area contributed by atoms with E-state index >= 15 is 0 Å². The van der Waals surface area contributed by atoms with Crippen molar-refractivity contribution in [3.8, 4) is 0 Å². The van der Waals surface area contributed by atoms with Crippen LogP contribution in [0.15, 0.2) is 22.9 Å². The minimum atomic E-state index is -1.65. The summed E-state index contributed by atoms with van der Waals surface area (Å²) in [5.74, 6) is -5.38. The second-order valence-electron chi connectivity index (χ2n) is 3.51. The fourth-order valence-corrected chi connectivity index (χ4v) is 1.31. The van der Waals surface area contributed by atoms with Crippen LogP contribution >= 0.6 is 0 Å². The average molecular weight is 256 g/mol. The van der Waals surface area contributed by atoms with Gasteiger partial charge in [0.15, 0.2) is 17.5 Å². The van der Waals surface area contributed by atoms with Gasteiger partial charge in [0.1, 0.15) is 0 Å². The molecule has 0 aliphatic heterocycles. The molecule has 0 aliphatic carbocycles. The number of anilines is 1. The van der Waals surface area contributed by atoms with Crippen LogP contribution < -0.4 is 5.32 Å². The number of aryl methyl sites for hydroxylation is 1. The van der Waals surface area contributed by atoms with Crippen LogP contribution in [0.3, 0.4) is 0 Å². The van der Waals surface area contributed by atoms with Gasteiger partial charge in [-0.15, -0.1) is 0 Å². The number of hydrogen-bond acceptors (Lipinski definition) is 3. The predicted octanol–water partition coefficient (Wildman–Crippen LogP) is 2.65. The zero-order valence-electron chi connectivity index (χ0n) is 9.13. The van der Waals surface area contributed by atoms with Crippen molar-refractivity contribution >= 4 is 11.6 Å². The summed E-state index contributed by atoms with van der Waals surface area (Å²) >= 11 is 0. The van der Waals surface area contributed by atoms with E-state index < -0.39 is 29.0 Å². The molecule has 18 heavy (non-hydrogen) atoms. The van der Waals surface area contributed by atoms with Crippen molar-refractivity contribution in [2.24, 2.45) is 0 Å². The third-order valence-corrected chi connectivity index (χ3v) is 2.24. The molecule has 2 rings (SSSR count). The molecule has 0 aliphatic rings. The molecule has 0 saturated heterocycles. The number of carbonyl (C=O) groups excluding carboxylic acids is 1. The Kier molecular flexibility index (Phi) is 3.05. The first-order valence-corrected chi connectivity index (χ1v) is 4.87. The summed E-state index contributed by atoms with van der Waals surface area (Å²) < 4.78 is 43.5. The molecule has 2 aromatic rings. The van der Waals surface area contributed by atoms with E-state index in [0.717, 1.165) is 6.07 Å². The van der Waals surface area contributed by atoms with E-state index in [0.29, 0.717) is 11.6 Å². The van der Waals surface area contributed by atoms with Gasteiger partial charge in [-0.3, -0.25) is 4.79 Å². The third-order valence-electron chi connectivity index (χ3n) is 2.24. The summed E-state index contributed by atoms with van der Waals surface area (Å²) in [4.78, 5) is 11.6. The number of nitrogens with one attached hydrogen (secondary N) is 1. The Balaban J connectivity index is 2.28. The van der Waals surface area contributed by atoms with Crippen molar-refractivity contribution in [2.75, 3.05) is 5.32 Å². The van der Waals surface area contributed by atoms with E-state index in [1.54, 1.807) is 6.92 Å². The van der Waals surface area contributed by atoms with Crippen molar-refractivity contribution in [1.29, 1.82) is 0 Å². The maximum atomic E-state index is 13.3. The molecule has 1 amide bonds. The molecule has 0 saturated carbocycles. The fraction of sp³-hybridized carbons (Fsp3) is 0.0909. The number of benzene rings is 1. The van der Waals surface area contributed by atoms with Crippen LogP contribution in [-0.2, 0) is 0 Å². The fourth-order valence-electron chi connectivity index (χ4n) is 1.31. The summed E-state index contributed by atoms with van der Waals surface area (Å²) in [5, 5.41) is 5.44. The van der Waals surface area contributed by atoms with E-state index in [-0.39, 0.29) is 5.76 Å². The smallest absolute Gasteiger partial charge is 0.294 e. The highest BCUT2D eigenvalue weighted by atomic mass is 19.2. The number of hydrogen-bond donors (Lipinski definition) is 1. The molecule has 0 unspecified atom stereocenters. The molecule has 1 aromatic carbocycles. The maximum absolute atomic E-state index is 13.3. The van der Waals surface area contributed by atoms with Gasteiger partial charge in [0.05, 0.1) is 11.9 Å². The third kappa shape index (κ3) is 2.06. The lowest BCUT2D eigenvalue weighted by atomic mass is 10.2. The number of halogens is 3. The number of aromatic nitrogens is 1. The second-order valence-corrected chi connectivity index (χ2v) is 3.51. The normalized spacial score (nSPS) is 10.4. The van der Waals surface area contributed by atoms with Crippen LogP contribution in [0.5, 0.6) is 0 Å². The van der Waals surface area contributed by atoms with Gasteiger partial charge in [-0.25, -0.2) is 13.2 Å². The first-order valence-electron chi connectivity index (χ1n) is 4.87. The SMILES string of the molecule is Cc1cnoc1C(=O)Nc1ccc(F)c(F)c1F. The number of amides is 1. The van der Waals surface area contributed by atoms with E-state index in [1.165, 1.54) is 6.20 Å². The van der Waals surface area contributed by atoms with Crippen LogP contribution in [0.4, 0.5) is 18.9 Å². The Labute approximate surface area is 99.4 Å². The van der Waals surface area contributed by atoms with Crippen molar-refractivity contribution in [2.45, 2.75) is 6.92 Å². The standard InChI is InChI=1S/C11H7F3N2O2/c1-5-4-15-18-10(5)11(17)16-7-3-2-6(12)8(13)9(7)14/h2-4H,1H3,(H,16,17). The molecule has 94 valence electrons. The molecular weight excluding hydrogens is 249 g/mol. The monoisotopic (exact) mass is 256 g/mol. The van der Waals surface area contributed by atoms with Gasteiger partial charge in [-0.1, -0.05) is 5.16 Å². The number of carbonyl (C=O) groups is 1. The Hall–Kier alpha value is -2.31. The average Bonchev–Trinajstić information content (AvgIpc) is 2.76. The highest BCUT2D eigenvalue weighted by molar-refractivity contribution is 6.03. The van der Waals surface area contributed by atoms with Crippen LogP contribution in [0.1, 0.15) is 16.1 Å². The molecule has 4 nitrogen and oxygen atoms in total. The van der Waals surface area contributed by atoms with Gasteiger partial charge in [0.25, 0.3) is 5.91 Å². The lowest BCUT2D eigenvalue weighted by Gasteiger charge is -2.05. The van der Waals surface area contributed by atoms with Crippen LogP contribution in [0.25, 0.3) is 0 Å². The van der Waals surface area contributed by atoms with Gasteiger partial charge in [0.2, 0.25) is 5.76 Å². The Morgan fingerprint density at radius 1 is 1.28 bits per heavy atom. The molecule has 1 aromatic heterocycles. The summed E-state index contributed by atoms with van der Waals surface area (Å²) in [6.45, 7) is 1.56. The number of rotatable bonds is 2. The van der Waals surface area contributed by atoms with E-state index in [9.17, 15) is 18.0 Å². The molecule has 7 heteroatoms. The van der Waals surface area contributed by atoms with Gasteiger partial charge < -0.3 is 9.84 Å². The molecule has 1 heterocycles. The van der Waals surface area contributed by atoms with E-state index in [4.69, 9.17) is 0 Å². The van der Waals surface area contributed by atoms with Crippen molar-refractivity contribution < 1.29 is 22.5 Å². The number of nitrogens with zero attached hydrogens (tertiary/aromatic N) is 1. The zero-order chi connectivity index (χ0) is 13.3. The van der Waals surface area contributed by atoms with Crippen LogP contribution in [0, 0.1) is 24.4 Å². The topological polar surface area (TPSA) is 55.1 Å². The van der Waals surface area contributed by atoms with E-state index in [2.05, 4.69) is 15.0 Å². The quantitative estimate of drug-likeness (QED) is 0.840. The first kappa shape index (κ1) is 12.2. The summed E-state index contributed by atoms with van der Waals surface area (Å²) in [5.41, 5.74) is -0.0369. The highest BCUT2D eigenvalue weighted by Crippen LogP contribution is 2.20. The van der Waals surface area contributed by atoms with Gasteiger partial charge >= 0.3 is 0 Å². The zero-order valence-corrected chi connectivity index (χ0v) is 9.13. The molecule has 0 radical (unpaired) electrons. The van der Waals surface area contributed by atoms with Gasteiger partial charge in [-0.2, -0.15) is 0 Å². The second kappa shape index (κ2) is 4.52. The van der Waals surface area contributed by atoms with Gasteiger partial charge in [-0.05, 0) is 19.1 Å². The molecular formula is C11H7F3N2O2. The lowest BCUT2D eigenvalue weighted by molar-refractivity contribution is 0.0986. The lowest BCUT2D eigenvalue weighted by Crippen LogP contribution is -2.14. The van der Waals surface area contributed by atoms with Crippen molar-refractivity contribution in [3.63, 3.8) is 0 Å². The van der Waals surface area contributed by atoms with Gasteiger partial charge in [0, 0.05) is 5.56 Å².